The highest BCUT2D eigenvalue weighted by Crippen LogP contribution is 2.54. The highest BCUT2D eigenvalue weighted by atomic mass is 16.9. The second-order valence-electron chi connectivity index (χ2n) is 8.70. The number of ether oxygens (including phenoxy) is 8. The van der Waals surface area contributed by atoms with Crippen molar-refractivity contribution < 1.29 is 42.7 Å². The highest BCUT2D eigenvalue weighted by Gasteiger charge is 2.70. The topological polar surface area (TPSA) is 94.2 Å². The molecule has 0 radical (unpaired) electrons. The summed E-state index contributed by atoms with van der Waals surface area (Å²) in [5.74, 6) is 0.220. The monoisotopic (exact) mass is 418 g/mol. The maximum absolute atomic E-state index is 12.3. The average Bonchev–Trinajstić information content (AvgIpc) is 3.04. The molecule has 5 aliphatic heterocycles. The smallest absolute Gasteiger partial charge is 0.309 e. The minimum absolute atomic E-state index is 0.0698. The van der Waals surface area contributed by atoms with E-state index in [1.807, 2.05) is 19.1 Å². The Balaban J connectivity index is 1.19. The minimum atomic E-state index is -0.705. The van der Waals surface area contributed by atoms with Gasteiger partial charge in [-0.3, -0.25) is 4.79 Å². The van der Waals surface area contributed by atoms with Crippen molar-refractivity contribution in [1.82, 2.24) is 0 Å². The zero-order valence-electron chi connectivity index (χ0n) is 16.4. The van der Waals surface area contributed by atoms with Gasteiger partial charge in [0.2, 0.25) is 12.6 Å². The first-order valence-corrected chi connectivity index (χ1v) is 10.5. The fourth-order valence-electron chi connectivity index (χ4n) is 5.49. The third kappa shape index (κ3) is 2.44. The molecule has 4 fully saturated rings. The molecule has 0 amide bonds. The number of esters is 1. The first kappa shape index (κ1) is 17.7. The minimum Gasteiger partial charge on any atom is -0.465 e. The van der Waals surface area contributed by atoms with Crippen LogP contribution in [0.1, 0.15) is 30.6 Å². The number of carbonyl (C=O) groups is 1. The van der Waals surface area contributed by atoms with Crippen LogP contribution in [0.3, 0.4) is 0 Å². The van der Waals surface area contributed by atoms with Crippen molar-refractivity contribution in [2.45, 2.75) is 56.4 Å². The fourth-order valence-corrected chi connectivity index (χ4v) is 5.49. The van der Waals surface area contributed by atoms with E-state index in [1.165, 1.54) is 0 Å². The Labute approximate surface area is 172 Å². The van der Waals surface area contributed by atoms with E-state index in [-0.39, 0.29) is 49.2 Å². The van der Waals surface area contributed by atoms with Crippen LogP contribution in [-0.2, 0) is 39.6 Å². The molecule has 1 spiro atoms. The molecule has 1 aliphatic carbocycles. The van der Waals surface area contributed by atoms with Crippen LogP contribution in [0.4, 0.5) is 0 Å². The van der Waals surface area contributed by atoms with Crippen LogP contribution in [0.15, 0.2) is 12.1 Å². The summed E-state index contributed by atoms with van der Waals surface area (Å²) < 4.78 is 46.5. The van der Waals surface area contributed by atoms with Gasteiger partial charge in [0.1, 0.15) is 12.2 Å². The Morgan fingerprint density at radius 1 is 1.07 bits per heavy atom. The summed E-state index contributed by atoms with van der Waals surface area (Å²) >= 11 is 0. The number of cyclic esters (lactones) is 1. The molecule has 1 aromatic rings. The van der Waals surface area contributed by atoms with E-state index in [4.69, 9.17) is 37.9 Å². The third-order valence-electron chi connectivity index (χ3n) is 7.03. The molecule has 160 valence electrons. The number of fused-ring (bicyclic) bond motifs is 3. The molecule has 1 aromatic carbocycles. The second-order valence-corrected chi connectivity index (χ2v) is 8.70. The Morgan fingerprint density at radius 3 is 2.83 bits per heavy atom. The molecule has 30 heavy (non-hydrogen) atoms. The van der Waals surface area contributed by atoms with Crippen LogP contribution in [0.5, 0.6) is 11.5 Å². The van der Waals surface area contributed by atoms with Gasteiger partial charge in [0.25, 0.3) is 0 Å². The summed E-state index contributed by atoms with van der Waals surface area (Å²) in [6.45, 7) is 2.79. The Hall–Kier alpha value is -1.91. The van der Waals surface area contributed by atoms with Crippen molar-refractivity contribution in [2.75, 3.05) is 20.0 Å². The molecule has 5 heterocycles. The zero-order valence-corrected chi connectivity index (χ0v) is 16.4. The van der Waals surface area contributed by atoms with Crippen LogP contribution >= 0.6 is 0 Å². The maximum Gasteiger partial charge on any atom is 0.309 e. The van der Waals surface area contributed by atoms with Gasteiger partial charge >= 0.3 is 5.97 Å². The van der Waals surface area contributed by atoms with Gasteiger partial charge in [0.15, 0.2) is 24.1 Å². The standard InChI is InChI=1S/C21H22O9/c1-9-23-7-17-21(29-9)16(30-21)5-18(27-17)28-19-11-4-15-14(25-8-26-15)3-10(11)2-12-13(19)6-24-20(12)22/h3-4,9,12-13,16-19H,2,5-8H2,1H3/t9-,12?,13?,16?,17-,18?,19?,21?/m1/s1. The van der Waals surface area contributed by atoms with Gasteiger partial charge in [-0.15, -0.1) is 0 Å². The van der Waals surface area contributed by atoms with Crippen molar-refractivity contribution in [3.8, 4) is 11.5 Å². The van der Waals surface area contributed by atoms with Crippen molar-refractivity contribution in [2.24, 2.45) is 11.8 Å². The maximum atomic E-state index is 12.3. The SMILES string of the molecule is C[C@@H]1OC[C@H]2OC(OC3c4cc5c(cc4CC4C(=O)OCC43)OCO5)CC3OC32O1. The number of hydrogen-bond acceptors (Lipinski definition) is 9. The van der Waals surface area contributed by atoms with Gasteiger partial charge in [0, 0.05) is 12.3 Å². The van der Waals surface area contributed by atoms with Crippen LogP contribution in [0.2, 0.25) is 0 Å². The van der Waals surface area contributed by atoms with Crippen molar-refractivity contribution >= 4 is 5.97 Å². The number of benzene rings is 1. The Morgan fingerprint density at radius 2 is 1.93 bits per heavy atom. The summed E-state index contributed by atoms with van der Waals surface area (Å²) in [6.07, 6.45) is -0.401. The number of hydrogen-bond donors (Lipinski definition) is 0. The molecule has 8 atom stereocenters. The molecule has 0 N–H and O–H groups in total. The van der Waals surface area contributed by atoms with E-state index in [2.05, 4.69) is 0 Å². The second kappa shape index (κ2) is 6.08. The summed E-state index contributed by atoms with van der Waals surface area (Å²) in [7, 11) is 0. The summed E-state index contributed by atoms with van der Waals surface area (Å²) in [4.78, 5) is 12.3. The Kier molecular flexibility index (Phi) is 3.59. The normalized spacial score (nSPS) is 45.1. The molecule has 6 unspecified atom stereocenters. The molecule has 6 aliphatic rings. The largest absolute Gasteiger partial charge is 0.465 e. The quantitative estimate of drug-likeness (QED) is 0.522. The molecular weight excluding hydrogens is 396 g/mol. The van der Waals surface area contributed by atoms with Crippen LogP contribution in [-0.4, -0.2) is 56.6 Å². The van der Waals surface area contributed by atoms with Crippen molar-refractivity contribution in [1.29, 1.82) is 0 Å². The first-order valence-electron chi connectivity index (χ1n) is 10.5. The van der Waals surface area contributed by atoms with Crippen molar-refractivity contribution in [3.05, 3.63) is 23.3 Å². The average molecular weight is 418 g/mol. The van der Waals surface area contributed by atoms with Crippen LogP contribution in [0.25, 0.3) is 0 Å². The van der Waals surface area contributed by atoms with E-state index < -0.39 is 12.1 Å². The molecular formula is C21H22O9. The molecule has 9 heteroatoms. The molecule has 0 bridgehead atoms. The predicted molar refractivity (Wildman–Crippen MR) is 95.4 cm³/mol. The number of epoxide rings is 1. The zero-order chi connectivity index (χ0) is 20.0. The van der Waals surface area contributed by atoms with Gasteiger partial charge in [-0.05, 0) is 36.6 Å². The predicted octanol–water partition coefficient (Wildman–Crippen LogP) is 1.42. The van der Waals surface area contributed by atoms with E-state index in [0.717, 1.165) is 11.1 Å². The number of carbonyl (C=O) groups excluding carboxylic acids is 1. The summed E-state index contributed by atoms with van der Waals surface area (Å²) in [6, 6.07) is 3.92. The third-order valence-corrected chi connectivity index (χ3v) is 7.03. The molecule has 0 saturated carbocycles. The summed E-state index contributed by atoms with van der Waals surface area (Å²) in [5, 5.41) is 0. The first-order chi connectivity index (χ1) is 14.6. The highest BCUT2D eigenvalue weighted by molar-refractivity contribution is 5.76. The van der Waals surface area contributed by atoms with Crippen LogP contribution in [0, 0.1) is 11.8 Å². The Bertz CT molecular complexity index is 918. The lowest BCUT2D eigenvalue weighted by atomic mass is 9.75. The van der Waals surface area contributed by atoms with E-state index in [1.54, 1.807) is 0 Å². The molecule has 4 saturated heterocycles. The van der Waals surface area contributed by atoms with E-state index >= 15 is 0 Å². The molecule has 7 rings (SSSR count). The van der Waals surface area contributed by atoms with Gasteiger partial charge in [-0.25, -0.2) is 0 Å². The fraction of sp³-hybridized carbons (Fsp3) is 0.667. The van der Waals surface area contributed by atoms with E-state index in [9.17, 15) is 4.79 Å². The van der Waals surface area contributed by atoms with Crippen molar-refractivity contribution in [3.63, 3.8) is 0 Å². The lowest BCUT2D eigenvalue weighted by Crippen LogP contribution is -2.53. The van der Waals surface area contributed by atoms with Crippen LogP contribution < -0.4 is 9.47 Å². The summed E-state index contributed by atoms with van der Waals surface area (Å²) in [5.41, 5.74) is 2.02. The van der Waals surface area contributed by atoms with Gasteiger partial charge < -0.3 is 37.9 Å². The lowest BCUT2D eigenvalue weighted by Gasteiger charge is -2.41. The molecule has 0 aromatic heterocycles. The number of rotatable bonds is 2. The van der Waals surface area contributed by atoms with Gasteiger partial charge in [0.05, 0.1) is 25.2 Å². The lowest BCUT2D eigenvalue weighted by molar-refractivity contribution is -0.334. The van der Waals surface area contributed by atoms with E-state index in [0.29, 0.717) is 37.6 Å². The van der Waals surface area contributed by atoms with Gasteiger partial charge in [-0.1, -0.05) is 0 Å². The molecule has 9 nitrogen and oxygen atoms in total. The van der Waals surface area contributed by atoms with Gasteiger partial charge in [-0.2, -0.15) is 0 Å².